The Morgan fingerprint density at radius 3 is 3.07 bits per heavy atom. The van der Waals surface area contributed by atoms with Crippen LogP contribution in [0.2, 0.25) is 0 Å². The van der Waals surface area contributed by atoms with E-state index >= 15 is 0 Å². The smallest absolute Gasteiger partial charge is 0.298 e. The lowest BCUT2D eigenvalue weighted by Crippen LogP contribution is -2.15. The van der Waals surface area contributed by atoms with Crippen molar-refractivity contribution in [1.29, 1.82) is 0 Å². The number of nitrogens with zero attached hydrogens (tertiary/aromatic N) is 3. The summed E-state index contributed by atoms with van der Waals surface area (Å²) in [7, 11) is 0. The molecule has 0 aliphatic carbocycles. The summed E-state index contributed by atoms with van der Waals surface area (Å²) in [5.74, 6) is 0.426. The molecule has 0 atom stereocenters. The van der Waals surface area contributed by atoms with E-state index in [4.69, 9.17) is 0 Å². The SMILES string of the molecule is O=c1[nH]cnc2nc3ccccc3n12. The van der Waals surface area contributed by atoms with E-state index in [-0.39, 0.29) is 5.69 Å². The van der Waals surface area contributed by atoms with Crippen molar-refractivity contribution in [2.45, 2.75) is 0 Å². The van der Waals surface area contributed by atoms with Crippen LogP contribution >= 0.6 is 0 Å². The van der Waals surface area contributed by atoms with E-state index in [2.05, 4.69) is 15.0 Å². The van der Waals surface area contributed by atoms with Crippen molar-refractivity contribution in [2.75, 3.05) is 0 Å². The van der Waals surface area contributed by atoms with Crippen molar-refractivity contribution in [3.05, 3.63) is 41.1 Å². The molecule has 1 aromatic carbocycles. The summed E-state index contributed by atoms with van der Waals surface area (Å²) >= 11 is 0. The molecule has 0 bridgehead atoms. The minimum absolute atomic E-state index is 0.219. The molecule has 0 unspecified atom stereocenters. The summed E-state index contributed by atoms with van der Waals surface area (Å²) in [5, 5.41) is 0. The van der Waals surface area contributed by atoms with Crippen molar-refractivity contribution < 1.29 is 0 Å². The van der Waals surface area contributed by atoms with Gasteiger partial charge >= 0.3 is 5.69 Å². The van der Waals surface area contributed by atoms with Gasteiger partial charge in [-0.15, -0.1) is 0 Å². The van der Waals surface area contributed by atoms with Gasteiger partial charge in [0, 0.05) is 0 Å². The zero-order valence-electron chi connectivity index (χ0n) is 7.14. The van der Waals surface area contributed by atoms with Crippen molar-refractivity contribution in [3.63, 3.8) is 0 Å². The maximum atomic E-state index is 11.5. The van der Waals surface area contributed by atoms with E-state index < -0.39 is 0 Å². The molecule has 0 amide bonds. The van der Waals surface area contributed by atoms with Crippen LogP contribution in [0.15, 0.2) is 35.4 Å². The topological polar surface area (TPSA) is 63.0 Å². The van der Waals surface area contributed by atoms with E-state index in [1.54, 1.807) is 0 Å². The third-order valence-corrected chi connectivity index (χ3v) is 2.11. The predicted octanol–water partition coefficient (Wildman–Crippen LogP) is 0.571. The van der Waals surface area contributed by atoms with E-state index in [1.165, 1.54) is 10.7 Å². The van der Waals surface area contributed by atoms with Crippen LogP contribution in [0.5, 0.6) is 0 Å². The largest absolute Gasteiger partial charge is 0.334 e. The Balaban J connectivity index is 2.73. The Kier molecular flexibility index (Phi) is 1.25. The summed E-state index contributed by atoms with van der Waals surface area (Å²) in [6, 6.07) is 7.43. The normalized spacial score (nSPS) is 11.1. The van der Waals surface area contributed by atoms with Crippen molar-refractivity contribution >= 4 is 16.8 Å². The number of para-hydroxylation sites is 2. The number of aromatic nitrogens is 4. The molecule has 0 aliphatic heterocycles. The number of aromatic amines is 1. The molecular weight excluding hydrogens is 180 g/mol. The molecular formula is C9H6N4O. The molecule has 0 aliphatic rings. The highest BCUT2D eigenvalue weighted by Gasteiger charge is 2.05. The molecule has 68 valence electrons. The van der Waals surface area contributed by atoms with Gasteiger partial charge in [0.2, 0.25) is 5.78 Å². The predicted molar refractivity (Wildman–Crippen MR) is 51.1 cm³/mol. The number of benzene rings is 1. The number of rotatable bonds is 0. The number of nitrogens with one attached hydrogen (secondary N) is 1. The van der Waals surface area contributed by atoms with Gasteiger partial charge in [-0.25, -0.2) is 19.2 Å². The van der Waals surface area contributed by atoms with Crippen LogP contribution in [0.1, 0.15) is 0 Å². The van der Waals surface area contributed by atoms with Crippen molar-refractivity contribution in [1.82, 2.24) is 19.4 Å². The van der Waals surface area contributed by atoms with E-state index in [0.717, 1.165) is 11.0 Å². The Bertz CT molecular complexity index is 667. The number of imidazole rings is 1. The third-order valence-electron chi connectivity index (χ3n) is 2.11. The van der Waals surface area contributed by atoms with Crippen LogP contribution in [0, 0.1) is 0 Å². The van der Waals surface area contributed by atoms with Gasteiger partial charge in [-0.05, 0) is 12.1 Å². The van der Waals surface area contributed by atoms with Gasteiger partial charge in [-0.1, -0.05) is 12.1 Å². The van der Waals surface area contributed by atoms with Crippen LogP contribution in [0.25, 0.3) is 16.8 Å². The van der Waals surface area contributed by atoms with Gasteiger partial charge < -0.3 is 0 Å². The van der Waals surface area contributed by atoms with Crippen LogP contribution < -0.4 is 5.69 Å². The van der Waals surface area contributed by atoms with Gasteiger partial charge in [-0.2, -0.15) is 0 Å². The summed E-state index contributed by atoms with van der Waals surface area (Å²) in [6.45, 7) is 0. The molecule has 0 saturated carbocycles. The van der Waals surface area contributed by atoms with Gasteiger partial charge in [0.1, 0.15) is 6.33 Å². The first-order valence-corrected chi connectivity index (χ1v) is 4.17. The highest BCUT2D eigenvalue weighted by atomic mass is 16.1. The first kappa shape index (κ1) is 7.25. The summed E-state index contributed by atoms with van der Waals surface area (Å²) in [6.07, 6.45) is 1.35. The second-order valence-corrected chi connectivity index (χ2v) is 2.94. The number of hydrogen-bond donors (Lipinski definition) is 1. The molecule has 3 aromatic rings. The first-order valence-electron chi connectivity index (χ1n) is 4.17. The monoisotopic (exact) mass is 186 g/mol. The molecule has 2 heterocycles. The molecule has 1 N–H and O–H groups in total. The maximum absolute atomic E-state index is 11.5. The van der Waals surface area contributed by atoms with Crippen LogP contribution in [0.4, 0.5) is 0 Å². The zero-order valence-corrected chi connectivity index (χ0v) is 7.14. The quantitative estimate of drug-likeness (QED) is 0.558. The van der Waals surface area contributed by atoms with Gasteiger partial charge in [0.15, 0.2) is 0 Å². The lowest BCUT2D eigenvalue weighted by Gasteiger charge is -1.90. The van der Waals surface area contributed by atoms with Crippen molar-refractivity contribution in [3.8, 4) is 0 Å². The minimum Gasteiger partial charge on any atom is -0.298 e. The Morgan fingerprint density at radius 1 is 1.29 bits per heavy atom. The molecule has 5 heteroatoms. The fourth-order valence-corrected chi connectivity index (χ4v) is 1.51. The van der Waals surface area contributed by atoms with Gasteiger partial charge in [0.25, 0.3) is 0 Å². The molecule has 0 radical (unpaired) electrons. The molecule has 14 heavy (non-hydrogen) atoms. The maximum Gasteiger partial charge on any atom is 0.334 e. The van der Waals surface area contributed by atoms with E-state index in [9.17, 15) is 4.79 Å². The molecule has 2 aromatic heterocycles. The van der Waals surface area contributed by atoms with Crippen molar-refractivity contribution in [2.24, 2.45) is 0 Å². The summed E-state index contributed by atoms with van der Waals surface area (Å²) in [5.41, 5.74) is 1.33. The van der Waals surface area contributed by atoms with Crippen LogP contribution in [-0.2, 0) is 0 Å². The number of H-pyrrole nitrogens is 1. The van der Waals surface area contributed by atoms with Gasteiger partial charge in [0.05, 0.1) is 11.0 Å². The molecule has 0 fully saturated rings. The summed E-state index contributed by atoms with van der Waals surface area (Å²) in [4.78, 5) is 22.2. The highest BCUT2D eigenvalue weighted by Crippen LogP contribution is 2.11. The molecule has 3 rings (SSSR count). The lowest BCUT2D eigenvalue weighted by atomic mass is 10.3. The molecule has 0 spiro atoms. The fraction of sp³-hybridized carbons (Fsp3) is 0. The second-order valence-electron chi connectivity index (χ2n) is 2.94. The third kappa shape index (κ3) is 0.806. The van der Waals surface area contributed by atoms with Crippen LogP contribution in [0.3, 0.4) is 0 Å². The standard InChI is InChI=1S/C9H6N4O/c14-9-11-5-10-8-12-6-3-1-2-4-7(6)13(8)9/h1-5H,(H,10,11,12,14). The Morgan fingerprint density at radius 2 is 2.14 bits per heavy atom. The minimum atomic E-state index is -0.219. The zero-order chi connectivity index (χ0) is 9.54. The Hall–Kier alpha value is -2.17. The lowest BCUT2D eigenvalue weighted by molar-refractivity contribution is 0.964. The average Bonchev–Trinajstić information content (AvgIpc) is 2.57. The van der Waals surface area contributed by atoms with Gasteiger partial charge in [-0.3, -0.25) is 4.98 Å². The molecule has 5 nitrogen and oxygen atoms in total. The first-order chi connectivity index (χ1) is 6.86. The van der Waals surface area contributed by atoms with E-state index in [0.29, 0.717) is 5.78 Å². The second kappa shape index (κ2) is 2.41. The summed E-state index contributed by atoms with van der Waals surface area (Å²) < 4.78 is 1.45. The fourth-order valence-electron chi connectivity index (χ4n) is 1.51. The average molecular weight is 186 g/mol. The number of hydrogen-bond acceptors (Lipinski definition) is 3. The number of fused-ring (bicyclic) bond motifs is 3. The van der Waals surface area contributed by atoms with Crippen LogP contribution in [-0.4, -0.2) is 19.4 Å². The Labute approximate surface area is 78.1 Å². The van der Waals surface area contributed by atoms with E-state index in [1.807, 2.05) is 24.3 Å². The highest BCUT2D eigenvalue weighted by molar-refractivity contribution is 5.78. The molecule has 0 saturated heterocycles.